The number of ether oxygens (including phenoxy) is 1. The lowest BCUT2D eigenvalue weighted by Gasteiger charge is -2.27. The number of nitrogen functional groups attached to an aromatic ring is 1. The van der Waals surface area contributed by atoms with Gasteiger partial charge in [-0.25, -0.2) is 14.4 Å². The number of anilines is 1. The molecule has 0 spiro atoms. The van der Waals surface area contributed by atoms with Crippen molar-refractivity contribution in [2.75, 3.05) is 18.9 Å². The average molecular weight is 319 g/mol. The maximum Gasteiger partial charge on any atom is 0.145 e. The van der Waals surface area contributed by atoms with Gasteiger partial charge in [0.2, 0.25) is 0 Å². The lowest BCUT2D eigenvalue weighted by Crippen LogP contribution is -2.30. The molecule has 0 unspecified atom stereocenters. The Morgan fingerprint density at radius 2 is 2.09 bits per heavy atom. The van der Waals surface area contributed by atoms with E-state index in [2.05, 4.69) is 9.97 Å². The molecule has 0 radical (unpaired) electrons. The summed E-state index contributed by atoms with van der Waals surface area (Å²) in [6.07, 6.45) is 3.26. The van der Waals surface area contributed by atoms with Crippen molar-refractivity contribution in [3.8, 4) is 11.1 Å². The minimum Gasteiger partial charge on any atom is -0.399 e. The zero-order valence-electron chi connectivity index (χ0n) is 11.5. The van der Waals surface area contributed by atoms with Gasteiger partial charge in [0.1, 0.15) is 22.9 Å². The Kier molecular flexibility index (Phi) is 3.02. The number of benzene rings is 1. The molecule has 5 nitrogen and oxygen atoms in total. The molecule has 0 atom stereocenters. The number of fused-ring (bicyclic) bond motifs is 1. The number of nitrogens with zero attached hydrogens (tertiary/aromatic N) is 3. The van der Waals surface area contributed by atoms with E-state index in [0.717, 1.165) is 0 Å². The number of halogens is 2. The number of hydrogen-bond acceptors (Lipinski definition) is 4. The van der Waals surface area contributed by atoms with Gasteiger partial charge < -0.3 is 15.0 Å². The molecule has 1 aromatic carbocycles. The highest BCUT2D eigenvalue weighted by molar-refractivity contribution is 6.35. The largest absolute Gasteiger partial charge is 0.399 e. The first kappa shape index (κ1) is 13.5. The second kappa shape index (κ2) is 4.93. The fourth-order valence-electron chi connectivity index (χ4n) is 2.66. The molecule has 2 aromatic heterocycles. The van der Waals surface area contributed by atoms with Gasteiger partial charge in [-0.1, -0.05) is 11.6 Å². The summed E-state index contributed by atoms with van der Waals surface area (Å²) in [6.45, 7) is 1.21. The van der Waals surface area contributed by atoms with Crippen LogP contribution in [-0.4, -0.2) is 27.7 Å². The van der Waals surface area contributed by atoms with Crippen molar-refractivity contribution in [1.29, 1.82) is 0 Å². The maximum atomic E-state index is 14.3. The van der Waals surface area contributed by atoms with Crippen molar-refractivity contribution in [3.63, 3.8) is 0 Å². The molecule has 4 rings (SSSR count). The smallest absolute Gasteiger partial charge is 0.145 e. The van der Waals surface area contributed by atoms with Gasteiger partial charge in [0.25, 0.3) is 0 Å². The van der Waals surface area contributed by atoms with Gasteiger partial charge in [-0.15, -0.1) is 0 Å². The molecule has 3 aromatic rings. The molecule has 0 saturated carbocycles. The third-order valence-corrected chi connectivity index (χ3v) is 4.15. The second-order valence-electron chi connectivity index (χ2n) is 5.24. The fourth-order valence-corrected chi connectivity index (χ4v) is 2.89. The summed E-state index contributed by atoms with van der Waals surface area (Å²) < 4.78 is 21.5. The summed E-state index contributed by atoms with van der Waals surface area (Å²) in [6, 6.07) is 4.78. The van der Waals surface area contributed by atoms with Gasteiger partial charge in [0.15, 0.2) is 0 Å². The highest BCUT2D eigenvalue weighted by Crippen LogP contribution is 2.37. The Morgan fingerprint density at radius 3 is 2.77 bits per heavy atom. The molecule has 22 heavy (non-hydrogen) atoms. The van der Waals surface area contributed by atoms with Crippen molar-refractivity contribution < 1.29 is 9.13 Å². The van der Waals surface area contributed by atoms with Gasteiger partial charge in [-0.3, -0.25) is 0 Å². The number of aromatic nitrogens is 3. The SMILES string of the molecule is Nc1ccc(-c2cn(C3COC3)c3ncnc(Cl)c23)c(F)c1. The monoisotopic (exact) mass is 318 g/mol. The summed E-state index contributed by atoms with van der Waals surface area (Å²) in [5, 5.41) is 0.940. The first-order chi connectivity index (χ1) is 10.6. The quantitative estimate of drug-likeness (QED) is 0.582. The Hall–Kier alpha value is -2.18. The molecule has 1 fully saturated rings. The van der Waals surface area contributed by atoms with E-state index in [1.807, 2.05) is 10.8 Å². The Morgan fingerprint density at radius 1 is 1.27 bits per heavy atom. The summed E-state index contributed by atoms with van der Waals surface area (Å²) in [5.74, 6) is -0.399. The van der Waals surface area contributed by atoms with Gasteiger partial charge in [0, 0.05) is 23.0 Å². The van der Waals surface area contributed by atoms with E-state index in [1.54, 1.807) is 12.1 Å². The number of nitrogens with two attached hydrogens (primary N) is 1. The zero-order valence-corrected chi connectivity index (χ0v) is 12.2. The third-order valence-electron chi connectivity index (χ3n) is 3.86. The molecular formula is C15H12ClFN4O. The van der Waals surface area contributed by atoms with Crippen LogP contribution in [0.4, 0.5) is 10.1 Å². The van der Waals surface area contributed by atoms with Crippen LogP contribution in [0.5, 0.6) is 0 Å². The summed E-state index contributed by atoms with van der Waals surface area (Å²) >= 11 is 6.23. The zero-order chi connectivity index (χ0) is 15.3. The lowest BCUT2D eigenvalue weighted by molar-refractivity contribution is -0.0215. The van der Waals surface area contributed by atoms with Crippen LogP contribution in [0.1, 0.15) is 6.04 Å². The summed E-state index contributed by atoms with van der Waals surface area (Å²) in [4.78, 5) is 8.32. The van der Waals surface area contributed by atoms with Crippen LogP contribution >= 0.6 is 11.6 Å². The summed E-state index contributed by atoms with van der Waals surface area (Å²) in [5.41, 5.74) is 7.76. The van der Waals surface area contributed by atoms with Crippen LogP contribution in [0.2, 0.25) is 5.15 Å². The molecule has 1 aliphatic heterocycles. The van der Waals surface area contributed by atoms with E-state index >= 15 is 0 Å². The Bertz CT molecular complexity index is 875. The molecule has 0 bridgehead atoms. The molecule has 3 heterocycles. The standard InChI is InChI=1S/C15H12ClFN4O/c16-14-13-11(10-2-1-8(18)3-12(10)17)4-21(9-5-22-6-9)15(13)20-7-19-14/h1-4,7,9H,5-6,18H2. The average Bonchev–Trinajstić information content (AvgIpc) is 2.78. The van der Waals surface area contributed by atoms with Crippen molar-refractivity contribution in [2.45, 2.75) is 6.04 Å². The van der Waals surface area contributed by atoms with Crippen molar-refractivity contribution >= 4 is 28.3 Å². The van der Waals surface area contributed by atoms with Crippen LogP contribution in [0, 0.1) is 5.82 Å². The Labute approximate surface area is 130 Å². The van der Waals surface area contributed by atoms with Crippen LogP contribution in [0.25, 0.3) is 22.2 Å². The highest BCUT2D eigenvalue weighted by atomic mass is 35.5. The van der Waals surface area contributed by atoms with Crippen LogP contribution in [0.15, 0.2) is 30.7 Å². The lowest BCUT2D eigenvalue weighted by atomic mass is 10.1. The van der Waals surface area contributed by atoms with Crippen LogP contribution < -0.4 is 5.73 Å². The van der Waals surface area contributed by atoms with E-state index in [1.165, 1.54) is 12.4 Å². The normalized spacial score (nSPS) is 15.2. The van der Waals surface area contributed by atoms with Crippen molar-refractivity contribution in [3.05, 3.63) is 41.7 Å². The second-order valence-corrected chi connectivity index (χ2v) is 5.60. The van der Waals surface area contributed by atoms with Crippen molar-refractivity contribution in [1.82, 2.24) is 14.5 Å². The van der Waals surface area contributed by atoms with Crippen molar-refractivity contribution in [2.24, 2.45) is 0 Å². The van der Waals surface area contributed by atoms with Gasteiger partial charge in [-0.2, -0.15) is 0 Å². The predicted octanol–water partition coefficient (Wildman–Crippen LogP) is 3.04. The molecule has 1 aliphatic rings. The predicted molar refractivity (Wildman–Crippen MR) is 82.2 cm³/mol. The maximum absolute atomic E-state index is 14.3. The van der Waals surface area contributed by atoms with Crippen LogP contribution in [-0.2, 0) is 4.74 Å². The number of hydrogen-bond donors (Lipinski definition) is 1. The minimum absolute atomic E-state index is 0.180. The molecule has 0 amide bonds. The molecular weight excluding hydrogens is 307 g/mol. The van der Waals surface area contributed by atoms with E-state index in [0.29, 0.717) is 46.2 Å². The first-order valence-corrected chi connectivity index (χ1v) is 7.17. The summed E-state index contributed by atoms with van der Waals surface area (Å²) in [7, 11) is 0. The number of rotatable bonds is 2. The van der Waals surface area contributed by atoms with E-state index < -0.39 is 5.82 Å². The van der Waals surface area contributed by atoms with Crippen LogP contribution in [0.3, 0.4) is 0 Å². The topological polar surface area (TPSA) is 66.0 Å². The molecule has 112 valence electrons. The fraction of sp³-hybridized carbons (Fsp3) is 0.200. The molecule has 7 heteroatoms. The van der Waals surface area contributed by atoms with E-state index in [-0.39, 0.29) is 6.04 Å². The highest BCUT2D eigenvalue weighted by Gasteiger charge is 2.26. The third kappa shape index (κ3) is 1.95. The molecule has 0 aliphatic carbocycles. The van der Waals surface area contributed by atoms with Gasteiger partial charge in [0.05, 0.1) is 24.6 Å². The minimum atomic E-state index is -0.399. The van der Waals surface area contributed by atoms with E-state index in [4.69, 9.17) is 22.1 Å². The van der Waals surface area contributed by atoms with E-state index in [9.17, 15) is 4.39 Å². The van der Waals surface area contributed by atoms with Gasteiger partial charge >= 0.3 is 0 Å². The van der Waals surface area contributed by atoms with Gasteiger partial charge in [-0.05, 0) is 18.2 Å². The Balaban J connectivity index is 2.00. The molecule has 1 saturated heterocycles. The first-order valence-electron chi connectivity index (χ1n) is 6.79. The molecule has 2 N–H and O–H groups in total.